The molecule has 2 fully saturated rings. The van der Waals surface area contributed by atoms with E-state index in [-0.39, 0.29) is 11.7 Å². The van der Waals surface area contributed by atoms with Crippen LogP contribution in [0.25, 0.3) is 0 Å². The molecule has 1 aliphatic carbocycles. The van der Waals surface area contributed by atoms with Crippen molar-refractivity contribution in [3.63, 3.8) is 0 Å². The largest absolute Gasteiger partial charge is 0.370 e. The molecule has 142 valence electrons. The van der Waals surface area contributed by atoms with Crippen LogP contribution in [0.5, 0.6) is 0 Å². The van der Waals surface area contributed by atoms with E-state index in [1.54, 1.807) is 18.5 Å². The molecule has 27 heavy (non-hydrogen) atoms. The van der Waals surface area contributed by atoms with E-state index in [0.29, 0.717) is 17.3 Å². The molecular weight excluding hydrogens is 364 g/mol. The number of benzene rings is 1. The third kappa shape index (κ3) is 4.08. The maximum absolute atomic E-state index is 12.5. The summed E-state index contributed by atoms with van der Waals surface area (Å²) in [5, 5.41) is 11.8. The molecule has 9 heteroatoms. The standard InChI is InChI=1S/C18H22N6O2S/c19-17(26)12-3-6-15(23-7-1-2-8-23)14(9-12)21-16(25)10-27-18-22-20-11-24(18)13-4-5-13/h3,6,9,11,13H,1-2,4-5,7-8,10H2,(H2,19,26)(H,21,25). The van der Waals surface area contributed by atoms with Crippen LogP contribution in [0.1, 0.15) is 42.1 Å². The van der Waals surface area contributed by atoms with Crippen molar-refractivity contribution in [3.05, 3.63) is 30.1 Å². The molecule has 1 saturated carbocycles. The minimum absolute atomic E-state index is 0.146. The Morgan fingerprint density at radius 2 is 2.04 bits per heavy atom. The average molecular weight is 386 g/mol. The van der Waals surface area contributed by atoms with Gasteiger partial charge in [-0.3, -0.25) is 9.59 Å². The van der Waals surface area contributed by atoms with Crippen LogP contribution in [0.3, 0.4) is 0 Å². The molecule has 0 bridgehead atoms. The Bertz CT molecular complexity index is 857. The quantitative estimate of drug-likeness (QED) is 0.706. The third-order valence-electron chi connectivity index (χ3n) is 4.81. The first-order chi connectivity index (χ1) is 13.1. The molecule has 8 nitrogen and oxygen atoms in total. The van der Waals surface area contributed by atoms with E-state index in [4.69, 9.17) is 5.73 Å². The predicted molar refractivity (Wildman–Crippen MR) is 104 cm³/mol. The molecular formula is C18H22N6O2S. The Kier molecular flexibility index (Phi) is 5.02. The van der Waals surface area contributed by atoms with Gasteiger partial charge in [0.25, 0.3) is 0 Å². The SMILES string of the molecule is NC(=O)c1ccc(N2CCCC2)c(NC(=O)CSc2nncn2C2CC2)c1. The molecule has 2 aliphatic rings. The summed E-state index contributed by atoms with van der Waals surface area (Å²) in [5.74, 6) is -0.427. The van der Waals surface area contributed by atoms with Gasteiger partial charge in [-0.2, -0.15) is 0 Å². The fraction of sp³-hybridized carbons (Fsp3) is 0.444. The van der Waals surface area contributed by atoms with Crippen molar-refractivity contribution in [2.75, 3.05) is 29.1 Å². The molecule has 0 unspecified atom stereocenters. The second-order valence-electron chi connectivity index (χ2n) is 6.88. The van der Waals surface area contributed by atoms with Gasteiger partial charge in [-0.05, 0) is 43.9 Å². The van der Waals surface area contributed by atoms with Gasteiger partial charge >= 0.3 is 0 Å². The zero-order valence-corrected chi connectivity index (χ0v) is 15.7. The van der Waals surface area contributed by atoms with E-state index in [9.17, 15) is 9.59 Å². The second kappa shape index (κ2) is 7.59. The monoisotopic (exact) mass is 386 g/mol. The lowest BCUT2D eigenvalue weighted by molar-refractivity contribution is -0.113. The Hall–Kier alpha value is -2.55. The van der Waals surface area contributed by atoms with Gasteiger partial charge < -0.3 is 20.5 Å². The number of aromatic nitrogens is 3. The van der Waals surface area contributed by atoms with Crippen molar-refractivity contribution in [1.82, 2.24) is 14.8 Å². The lowest BCUT2D eigenvalue weighted by Gasteiger charge is -2.22. The Labute approximate surface area is 161 Å². The molecule has 1 aliphatic heterocycles. The number of nitrogens with two attached hydrogens (primary N) is 1. The third-order valence-corrected chi connectivity index (χ3v) is 5.77. The van der Waals surface area contributed by atoms with Gasteiger partial charge in [0.1, 0.15) is 6.33 Å². The van der Waals surface area contributed by atoms with Crippen LogP contribution in [-0.4, -0.2) is 45.4 Å². The van der Waals surface area contributed by atoms with Crippen molar-refractivity contribution in [3.8, 4) is 0 Å². The number of primary amides is 1. The fourth-order valence-corrected chi connectivity index (χ4v) is 4.06. The molecule has 0 spiro atoms. The highest BCUT2D eigenvalue weighted by Gasteiger charge is 2.26. The highest BCUT2D eigenvalue weighted by Crippen LogP contribution is 2.37. The highest BCUT2D eigenvalue weighted by molar-refractivity contribution is 7.99. The number of nitrogens with one attached hydrogen (secondary N) is 1. The van der Waals surface area contributed by atoms with Crippen LogP contribution in [0.4, 0.5) is 11.4 Å². The highest BCUT2D eigenvalue weighted by atomic mass is 32.2. The van der Waals surface area contributed by atoms with Gasteiger partial charge in [-0.25, -0.2) is 0 Å². The van der Waals surface area contributed by atoms with E-state index in [0.717, 1.165) is 49.6 Å². The van der Waals surface area contributed by atoms with E-state index in [1.807, 2.05) is 10.6 Å². The second-order valence-corrected chi connectivity index (χ2v) is 7.82. The van der Waals surface area contributed by atoms with Crippen LogP contribution < -0.4 is 16.0 Å². The first-order valence-electron chi connectivity index (χ1n) is 9.13. The number of hydrogen-bond acceptors (Lipinski definition) is 6. The summed E-state index contributed by atoms with van der Waals surface area (Å²) in [6.07, 6.45) is 6.24. The molecule has 0 radical (unpaired) electrons. The summed E-state index contributed by atoms with van der Waals surface area (Å²) in [4.78, 5) is 26.3. The first-order valence-corrected chi connectivity index (χ1v) is 10.1. The van der Waals surface area contributed by atoms with Crippen molar-refractivity contribution in [2.24, 2.45) is 5.73 Å². The van der Waals surface area contributed by atoms with E-state index in [2.05, 4.69) is 20.4 Å². The number of carbonyl (C=O) groups is 2. The summed E-state index contributed by atoms with van der Waals surface area (Å²) in [7, 11) is 0. The van der Waals surface area contributed by atoms with Crippen molar-refractivity contribution in [2.45, 2.75) is 36.9 Å². The van der Waals surface area contributed by atoms with E-state index < -0.39 is 5.91 Å². The number of thioether (sulfide) groups is 1. The molecule has 2 amide bonds. The fourth-order valence-electron chi connectivity index (χ4n) is 3.28. The molecule has 4 rings (SSSR count). The molecule has 1 aromatic carbocycles. The summed E-state index contributed by atoms with van der Waals surface area (Å²) in [5.41, 5.74) is 7.34. The molecule has 3 N–H and O–H groups in total. The lowest BCUT2D eigenvalue weighted by atomic mass is 10.1. The van der Waals surface area contributed by atoms with E-state index >= 15 is 0 Å². The maximum Gasteiger partial charge on any atom is 0.248 e. The number of nitrogens with zero attached hydrogens (tertiary/aromatic N) is 4. The minimum atomic E-state index is -0.509. The van der Waals surface area contributed by atoms with Gasteiger partial charge in [0, 0.05) is 24.7 Å². The van der Waals surface area contributed by atoms with E-state index in [1.165, 1.54) is 11.8 Å². The van der Waals surface area contributed by atoms with Gasteiger partial charge in [-0.15, -0.1) is 10.2 Å². The first kappa shape index (κ1) is 17.8. The van der Waals surface area contributed by atoms with Crippen LogP contribution in [0, 0.1) is 0 Å². The van der Waals surface area contributed by atoms with Crippen LogP contribution in [0.15, 0.2) is 29.7 Å². The average Bonchev–Trinajstić information content (AvgIpc) is 3.16. The summed E-state index contributed by atoms with van der Waals surface area (Å²) >= 11 is 1.37. The summed E-state index contributed by atoms with van der Waals surface area (Å²) in [6.45, 7) is 1.88. The number of carbonyl (C=O) groups excluding carboxylic acids is 2. The topological polar surface area (TPSA) is 106 Å². The number of anilines is 2. The maximum atomic E-state index is 12.5. The van der Waals surface area contributed by atoms with Crippen molar-refractivity contribution in [1.29, 1.82) is 0 Å². The molecule has 2 aromatic rings. The Balaban J connectivity index is 1.46. The van der Waals surface area contributed by atoms with Crippen LogP contribution in [-0.2, 0) is 4.79 Å². The smallest absolute Gasteiger partial charge is 0.248 e. The number of hydrogen-bond donors (Lipinski definition) is 2. The predicted octanol–water partition coefficient (Wildman–Crippen LogP) is 2.04. The van der Waals surface area contributed by atoms with Gasteiger partial charge in [0.2, 0.25) is 11.8 Å². The van der Waals surface area contributed by atoms with Crippen molar-refractivity contribution >= 4 is 35.0 Å². The molecule has 1 aromatic heterocycles. The summed E-state index contributed by atoms with van der Waals surface area (Å²) < 4.78 is 2.03. The zero-order chi connectivity index (χ0) is 18.8. The Morgan fingerprint density at radius 3 is 2.74 bits per heavy atom. The van der Waals surface area contributed by atoms with Gasteiger partial charge in [0.15, 0.2) is 5.16 Å². The molecule has 0 atom stereocenters. The van der Waals surface area contributed by atoms with Crippen LogP contribution >= 0.6 is 11.8 Å². The zero-order valence-electron chi connectivity index (χ0n) is 14.9. The van der Waals surface area contributed by atoms with Crippen molar-refractivity contribution < 1.29 is 9.59 Å². The number of rotatable bonds is 7. The van der Waals surface area contributed by atoms with Crippen LogP contribution in [0.2, 0.25) is 0 Å². The molecule has 1 saturated heterocycles. The summed E-state index contributed by atoms with van der Waals surface area (Å²) in [6, 6.07) is 5.70. The van der Waals surface area contributed by atoms with Gasteiger partial charge in [-0.1, -0.05) is 11.8 Å². The minimum Gasteiger partial charge on any atom is -0.370 e. The number of amides is 2. The van der Waals surface area contributed by atoms with Gasteiger partial charge in [0.05, 0.1) is 17.1 Å². The Morgan fingerprint density at radius 1 is 1.26 bits per heavy atom. The lowest BCUT2D eigenvalue weighted by Crippen LogP contribution is -2.23. The normalized spacial score (nSPS) is 16.5. The molecule has 2 heterocycles.